The summed E-state index contributed by atoms with van der Waals surface area (Å²) in [5.74, 6) is -2.05. The number of nitrogens with zero attached hydrogens (tertiary/aromatic N) is 5. The number of benzene rings is 1. The number of aromatic nitrogens is 5. The Kier molecular flexibility index (Phi) is 4.99. The lowest BCUT2D eigenvalue weighted by molar-refractivity contribution is 0.134. The Morgan fingerprint density at radius 2 is 1.94 bits per heavy atom. The number of ether oxygens (including phenoxy) is 2. The highest BCUT2D eigenvalue weighted by Crippen LogP contribution is 2.29. The van der Waals surface area contributed by atoms with Crippen LogP contribution in [0.4, 0.5) is 13.2 Å². The Morgan fingerprint density at radius 1 is 1.06 bits per heavy atom. The van der Waals surface area contributed by atoms with Gasteiger partial charge in [-0.25, -0.2) is 23.4 Å². The van der Waals surface area contributed by atoms with Gasteiger partial charge in [-0.05, 0) is 12.1 Å². The van der Waals surface area contributed by atoms with Crippen molar-refractivity contribution in [3.63, 3.8) is 0 Å². The molecule has 4 heterocycles. The lowest BCUT2D eigenvalue weighted by Gasteiger charge is -2.11. The highest BCUT2D eigenvalue weighted by Gasteiger charge is 2.24. The molecule has 10 heteroatoms. The van der Waals surface area contributed by atoms with E-state index < -0.39 is 17.5 Å². The topological polar surface area (TPSA) is 75.0 Å². The predicted molar refractivity (Wildman–Crippen MR) is 104 cm³/mol. The molecule has 31 heavy (non-hydrogen) atoms. The fourth-order valence-corrected chi connectivity index (χ4v) is 3.43. The van der Waals surface area contributed by atoms with E-state index in [9.17, 15) is 13.2 Å². The van der Waals surface area contributed by atoms with Crippen molar-refractivity contribution >= 4 is 11.0 Å². The van der Waals surface area contributed by atoms with Gasteiger partial charge in [0.15, 0.2) is 11.5 Å². The lowest BCUT2D eigenvalue weighted by Crippen LogP contribution is -2.17. The minimum atomic E-state index is -0.746. The third-order valence-electron chi connectivity index (χ3n) is 4.95. The van der Waals surface area contributed by atoms with Crippen LogP contribution in [0.25, 0.3) is 22.6 Å². The van der Waals surface area contributed by atoms with E-state index in [0.29, 0.717) is 25.2 Å². The van der Waals surface area contributed by atoms with E-state index in [0.717, 1.165) is 6.20 Å². The van der Waals surface area contributed by atoms with Gasteiger partial charge in [0.25, 0.3) is 5.88 Å². The maximum atomic E-state index is 14.7. The van der Waals surface area contributed by atoms with E-state index in [2.05, 4.69) is 20.1 Å². The van der Waals surface area contributed by atoms with Crippen molar-refractivity contribution in [1.82, 2.24) is 24.7 Å². The van der Waals surface area contributed by atoms with Crippen molar-refractivity contribution in [2.45, 2.75) is 19.1 Å². The zero-order chi connectivity index (χ0) is 21.4. The van der Waals surface area contributed by atoms with Gasteiger partial charge in [0.05, 0.1) is 31.3 Å². The smallest absolute Gasteiger partial charge is 0.254 e. The summed E-state index contributed by atoms with van der Waals surface area (Å²) in [4.78, 5) is 12.3. The molecule has 0 spiro atoms. The van der Waals surface area contributed by atoms with Crippen LogP contribution in [-0.2, 0) is 11.3 Å². The summed E-state index contributed by atoms with van der Waals surface area (Å²) in [5, 5.41) is 4.44. The first-order chi connectivity index (χ1) is 15.1. The largest absolute Gasteiger partial charge is 0.470 e. The fourth-order valence-electron chi connectivity index (χ4n) is 3.43. The molecule has 0 amide bonds. The van der Waals surface area contributed by atoms with Crippen LogP contribution in [0.1, 0.15) is 12.0 Å². The van der Waals surface area contributed by atoms with Crippen molar-refractivity contribution in [3.05, 3.63) is 65.7 Å². The van der Waals surface area contributed by atoms with E-state index >= 15 is 0 Å². The highest BCUT2D eigenvalue weighted by atomic mass is 19.1. The zero-order valence-corrected chi connectivity index (χ0v) is 16.1. The Labute approximate surface area is 174 Å². The number of pyridine rings is 1. The average molecular weight is 427 g/mol. The number of halogens is 3. The molecule has 1 saturated heterocycles. The van der Waals surface area contributed by atoms with Crippen molar-refractivity contribution < 1.29 is 22.6 Å². The Hall–Kier alpha value is -3.53. The van der Waals surface area contributed by atoms with Crippen LogP contribution in [0.5, 0.6) is 5.88 Å². The highest BCUT2D eigenvalue weighted by molar-refractivity contribution is 5.89. The minimum Gasteiger partial charge on any atom is -0.470 e. The van der Waals surface area contributed by atoms with Crippen LogP contribution in [0, 0.1) is 17.5 Å². The molecule has 0 radical (unpaired) electrons. The lowest BCUT2D eigenvalue weighted by atomic mass is 10.2. The normalized spacial score (nSPS) is 16.2. The summed E-state index contributed by atoms with van der Waals surface area (Å²) in [6, 6.07) is 7.38. The van der Waals surface area contributed by atoms with Gasteiger partial charge >= 0.3 is 0 Å². The fraction of sp³-hybridized carbons (Fsp3) is 0.238. The zero-order valence-electron chi connectivity index (χ0n) is 16.1. The van der Waals surface area contributed by atoms with Gasteiger partial charge in [-0.3, -0.25) is 0 Å². The molecule has 1 fully saturated rings. The van der Waals surface area contributed by atoms with Gasteiger partial charge in [0, 0.05) is 18.2 Å². The Balaban J connectivity index is 1.59. The summed E-state index contributed by atoms with van der Waals surface area (Å²) < 4.78 is 55.3. The van der Waals surface area contributed by atoms with Crippen molar-refractivity contribution in [2.24, 2.45) is 0 Å². The van der Waals surface area contributed by atoms with Gasteiger partial charge in [-0.15, -0.1) is 0 Å². The van der Waals surface area contributed by atoms with Crippen LogP contribution in [0.15, 0.2) is 42.7 Å². The number of hydrogen-bond donors (Lipinski definition) is 0. The van der Waals surface area contributed by atoms with Gasteiger partial charge < -0.3 is 9.47 Å². The third kappa shape index (κ3) is 3.70. The number of hydrogen-bond acceptors (Lipinski definition) is 6. The number of rotatable bonds is 5. The molecule has 1 unspecified atom stereocenters. The molecule has 4 aromatic rings. The summed E-state index contributed by atoms with van der Waals surface area (Å²) in [5.41, 5.74) is 0.608. The molecule has 1 aromatic carbocycles. The number of fused-ring (bicyclic) bond motifs is 1. The maximum Gasteiger partial charge on any atom is 0.254 e. The SMILES string of the molecule is Fc1ccccc1Cn1nc(-c2ncc(F)c(OC3CCOC3)n2)c2c(F)ccnc21. The second-order valence-electron chi connectivity index (χ2n) is 7.04. The van der Waals surface area contributed by atoms with Crippen LogP contribution < -0.4 is 4.74 Å². The molecule has 0 bridgehead atoms. The third-order valence-corrected chi connectivity index (χ3v) is 4.95. The molecule has 3 aromatic heterocycles. The Morgan fingerprint density at radius 3 is 2.74 bits per heavy atom. The van der Waals surface area contributed by atoms with E-state index in [-0.39, 0.29) is 41.1 Å². The van der Waals surface area contributed by atoms with Gasteiger partial charge in [0.1, 0.15) is 23.4 Å². The summed E-state index contributed by atoms with van der Waals surface area (Å²) in [6.45, 7) is 0.868. The standard InChI is InChI=1S/C21H16F3N5O2/c22-14-4-2-1-3-12(14)10-29-20-17(15(23)5-7-25-20)18(28-29)19-26-9-16(24)21(27-19)31-13-6-8-30-11-13/h1-5,7,9,13H,6,8,10-11H2. The van der Waals surface area contributed by atoms with E-state index in [4.69, 9.17) is 9.47 Å². The molecular formula is C21H16F3N5O2. The monoisotopic (exact) mass is 427 g/mol. The molecule has 0 N–H and O–H groups in total. The predicted octanol–water partition coefficient (Wildman–Crippen LogP) is 3.52. The van der Waals surface area contributed by atoms with Crippen LogP contribution in [0.3, 0.4) is 0 Å². The van der Waals surface area contributed by atoms with Crippen molar-refractivity contribution in [1.29, 1.82) is 0 Å². The second-order valence-corrected chi connectivity index (χ2v) is 7.04. The van der Waals surface area contributed by atoms with Crippen molar-refractivity contribution in [2.75, 3.05) is 13.2 Å². The summed E-state index contributed by atoms with van der Waals surface area (Å²) in [6.07, 6.45) is 2.52. The van der Waals surface area contributed by atoms with E-state index in [1.165, 1.54) is 23.0 Å². The van der Waals surface area contributed by atoms with Gasteiger partial charge in [0.2, 0.25) is 5.82 Å². The summed E-state index contributed by atoms with van der Waals surface area (Å²) in [7, 11) is 0. The minimum absolute atomic E-state index is 0.0175. The van der Waals surface area contributed by atoms with Gasteiger partial charge in [-0.2, -0.15) is 14.5 Å². The van der Waals surface area contributed by atoms with Crippen molar-refractivity contribution in [3.8, 4) is 17.4 Å². The summed E-state index contributed by atoms with van der Waals surface area (Å²) >= 11 is 0. The molecule has 158 valence electrons. The molecule has 0 saturated carbocycles. The molecule has 1 aliphatic heterocycles. The quantitative estimate of drug-likeness (QED) is 0.485. The molecule has 1 atom stereocenters. The average Bonchev–Trinajstić information content (AvgIpc) is 3.40. The Bertz CT molecular complexity index is 1260. The van der Waals surface area contributed by atoms with Gasteiger partial charge in [-0.1, -0.05) is 18.2 Å². The molecule has 0 aliphatic carbocycles. The van der Waals surface area contributed by atoms with E-state index in [1.807, 2.05) is 0 Å². The second kappa shape index (κ2) is 7.95. The molecule has 7 nitrogen and oxygen atoms in total. The molecular weight excluding hydrogens is 411 g/mol. The van der Waals surface area contributed by atoms with Crippen LogP contribution in [0.2, 0.25) is 0 Å². The molecule has 1 aliphatic rings. The van der Waals surface area contributed by atoms with Crippen LogP contribution >= 0.6 is 0 Å². The first-order valence-electron chi connectivity index (χ1n) is 9.62. The van der Waals surface area contributed by atoms with E-state index in [1.54, 1.807) is 18.2 Å². The first kappa shape index (κ1) is 19.4. The molecule has 5 rings (SSSR count). The van der Waals surface area contributed by atoms with Crippen LogP contribution in [-0.4, -0.2) is 44.1 Å². The maximum absolute atomic E-state index is 14.7. The first-order valence-corrected chi connectivity index (χ1v) is 9.62.